The van der Waals surface area contributed by atoms with E-state index >= 15 is 0 Å². The Bertz CT molecular complexity index is 619. The van der Waals surface area contributed by atoms with Gasteiger partial charge in [-0.05, 0) is 93.4 Å². The number of hydrogen-bond acceptors (Lipinski definition) is 1. The first-order chi connectivity index (χ1) is 9.51. The molecule has 0 radical (unpaired) electrons. The van der Waals surface area contributed by atoms with Crippen molar-refractivity contribution in [2.75, 3.05) is 7.05 Å². The van der Waals surface area contributed by atoms with Crippen molar-refractivity contribution in [2.45, 2.75) is 12.5 Å². The lowest BCUT2D eigenvalue weighted by Crippen LogP contribution is -2.20. The SMILES string of the molecule is CNC(Cc1ccc(F)c(Br)c1)c1cc(Br)ccc1I. The van der Waals surface area contributed by atoms with Gasteiger partial charge in [-0.3, -0.25) is 0 Å². The quantitative estimate of drug-likeness (QED) is 0.537. The molecule has 1 nitrogen and oxygen atoms in total. The third-order valence-corrected chi connectivity index (χ3v) is 5.19. The molecule has 0 aromatic heterocycles. The van der Waals surface area contributed by atoms with Crippen LogP contribution in [0.25, 0.3) is 0 Å². The monoisotopic (exact) mass is 511 g/mol. The summed E-state index contributed by atoms with van der Waals surface area (Å²) in [6, 6.07) is 11.6. The summed E-state index contributed by atoms with van der Waals surface area (Å²) >= 11 is 9.09. The Morgan fingerprint density at radius 3 is 2.60 bits per heavy atom. The molecule has 0 amide bonds. The predicted molar refractivity (Wildman–Crippen MR) is 96.5 cm³/mol. The minimum atomic E-state index is -0.230. The highest BCUT2D eigenvalue weighted by atomic mass is 127. The number of likely N-dealkylation sites (N-methyl/N-ethyl adjacent to an activating group) is 1. The fraction of sp³-hybridized carbons (Fsp3) is 0.200. The Kier molecular flexibility index (Phi) is 6.01. The van der Waals surface area contributed by atoms with Crippen LogP contribution in [-0.2, 0) is 6.42 Å². The molecule has 5 heteroatoms. The van der Waals surface area contributed by atoms with Gasteiger partial charge in [0.15, 0.2) is 0 Å². The van der Waals surface area contributed by atoms with Crippen LogP contribution in [0, 0.1) is 9.39 Å². The van der Waals surface area contributed by atoms with Gasteiger partial charge in [0, 0.05) is 14.1 Å². The molecule has 0 heterocycles. The molecule has 0 bridgehead atoms. The molecule has 0 aliphatic carbocycles. The Morgan fingerprint density at radius 2 is 1.95 bits per heavy atom. The zero-order valence-corrected chi connectivity index (χ0v) is 16.1. The normalized spacial score (nSPS) is 12.4. The lowest BCUT2D eigenvalue weighted by Gasteiger charge is -2.19. The van der Waals surface area contributed by atoms with Crippen molar-refractivity contribution in [3.63, 3.8) is 0 Å². The van der Waals surface area contributed by atoms with Crippen LogP contribution in [0.5, 0.6) is 0 Å². The molecular formula is C15H13Br2FIN. The molecule has 0 spiro atoms. The smallest absolute Gasteiger partial charge is 0.137 e. The average Bonchev–Trinajstić information content (AvgIpc) is 2.43. The van der Waals surface area contributed by atoms with Crippen molar-refractivity contribution in [3.8, 4) is 0 Å². The van der Waals surface area contributed by atoms with Crippen LogP contribution in [0.3, 0.4) is 0 Å². The predicted octanol–water partition coefficient (Wildman–Crippen LogP) is 5.46. The van der Waals surface area contributed by atoms with Crippen molar-refractivity contribution in [1.82, 2.24) is 5.32 Å². The van der Waals surface area contributed by atoms with Crippen molar-refractivity contribution in [2.24, 2.45) is 0 Å². The summed E-state index contributed by atoms with van der Waals surface area (Å²) in [6.07, 6.45) is 0.807. The molecule has 1 N–H and O–H groups in total. The molecule has 1 unspecified atom stereocenters. The third-order valence-electron chi connectivity index (χ3n) is 3.11. The second-order valence-corrected chi connectivity index (χ2v) is 7.39. The standard InChI is InChI=1S/C15H13Br2FIN/c1-20-15(11-8-10(16)3-5-14(11)19)7-9-2-4-13(18)12(17)6-9/h2-6,8,15,20H,7H2,1H3. The molecule has 2 aromatic carbocycles. The van der Waals surface area contributed by atoms with Gasteiger partial charge >= 0.3 is 0 Å². The van der Waals surface area contributed by atoms with E-state index in [2.05, 4.69) is 71.9 Å². The molecule has 0 aliphatic rings. The zero-order chi connectivity index (χ0) is 14.7. The maximum absolute atomic E-state index is 13.3. The van der Waals surface area contributed by atoms with Crippen molar-refractivity contribution in [1.29, 1.82) is 0 Å². The molecule has 0 fully saturated rings. The first-order valence-electron chi connectivity index (χ1n) is 6.07. The zero-order valence-electron chi connectivity index (χ0n) is 10.8. The van der Waals surface area contributed by atoms with E-state index in [0.717, 1.165) is 16.5 Å². The van der Waals surface area contributed by atoms with Crippen molar-refractivity contribution < 1.29 is 4.39 Å². The second-order valence-electron chi connectivity index (χ2n) is 4.46. The van der Waals surface area contributed by atoms with Gasteiger partial charge in [0.25, 0.3) is 0 Å². The lowest BCUT2D eigenvalue weighted by atomic mass is 9.99. The summed E-state index contributed by atoms with van der Waals surface area (Å²) in [5.74, 6) is -0.230. The first-order valence-corrected chi connectivity index (χ1v) is 8.74. The summed E-state index contributed by atoms with van der Waals surface area (Å²) < 4.78 is 16.1. The van der Waals surface area contributed by atoms with E-state index in [1.54, 1.807) is 0 Å². The van der Waals surface area contributed by atoms with Crippen molar-refractivity contribution in [3.05, 3.63) is 65.9 Å². The topological polar surface area (TPSA) is 12.0 Å². The minimum Gasteiger partial charge on any atom is -0.313 e. The molecular weight excluding hydrogens is 500 g/mol. The van der Waals surface area contributed by atoms with Crippen LogP contribution in [0.1, 0.15) is 17.2 Å². The molecule has 20 heavy (non-hydrogen) atoms. The van der Waals surface area contributed by atoms with Gasteiger partial charge in [0.05, 0.1) is 4.47 Å². The van der Waals surface area contributed by atoms with E-state index in [9.17, 15) is 4.39 Å². The maximum Gasteiger partial charge on any atom is 0.137 e. The van der Waals surface area contributed by atoms with Gasteiger partial charge in [0.1, 0.15) is 5.82 Å². The largest absolute Gasteiger partial charge is 0.313 e. The minimum absolute atomic E-state index is 0.191. The summed E-state index contributed by atoms with van der Waals surface area (Å²) in [7, 11) is 1.94. The number of nitrogens with one attached hydrogen (secondary N) is 1. The first kappa shape index (κ1) is 16.4. The summed E-state index contributed by atoms with van der Waals surface area (Å²) in [5.41, 5.74) is 2.33. The summed E-state index contributed by atoms with van der Waals surface area (Å²) in [6.45, 7) is 0. The van der Waals surface area contributed by atoms with E-state index in [1.165, 1.54) is 15.2 Å². The van der Waals surface area contributed by atoms with Gasteiger partial charge in [0.2, 0.25) is 0 Å². The summed E-state index contributed by atoms with van der Waals surface area (Å²) in [5, 5.41) is 3.33. The van der Waals surface area contributed by atoms with E-state index in [4.69, 9.17) is 0 Å². The van der Waals surface area contributed by atoms with Crippen LogP contribution < -0.4 is 5.32 Å². The highest BCUT2D eigenvalue weighted by Gasteiger charge is 2.14. The second kappa shape index (κ2) is 7.33. The van der Waals surface area contributed by atoms with E-state index in [1.807, 2.05) is 25.2 Å². The Morgan fingerprint density at radius 1 is 1.20 bits per heavy atom. The molecule has 0 aliphatic heterocycles. The highest BCUT2D eigenvalue weighted by molar-refractivity contribution is 14.1. The van der Waals surface area contributed by atoms with Crippen LogP contribution in [0.4, 0.5) is 4.39 Å². The Hall–Kier alpha value is 0.0200. The van der Waals surface area contributed by atoms with Gasteiger partial charge in [-0.2, -0.15) is 0 Å². The van der Waals surface area contributed by atoms with E-state index in [-0.39, 0.29) is 11.9 Å². The number of halogens is 4. The molecule has 0 saturated carbocycles. The number of hydrogen-bond donors (Lipinski definition) is 1. The fourth-order valence-electron chi connectivity index (χ4n) is 2.05. The lowest BCUT2D eigenvalue weighted by molar-refractivity contribution is 0.585. The van der Waals surface area contributed by atoms with E-state index in [0.29, 0.717) is 4.47 Å². The Balaban J connectivity index is 2.28. The summed E-state index contributed by atoms with van der Waals surface area (Å²) in [4.78, 5) is 0. The van der Waals surface area contributed by atoms with Crippen LogP contribution in [0.2, 0.25) is 0 Å². The van der Waals surface area contributed by atoms with Crippen LogP contribution in [0.15, 0.2) is 45.3 Å². The van der Waals surface area contributed by atoms with Crippen LogP contribution in [-0.4, -0.2) is 7.05 Å². The number of benzene rings is 2. The molecule has 2 aromatic rings. The van der Waals surface area contributed by atoms with Gasteiger partial charge in [-0.15, -0.1) is 0 Å². The molecule has 2 rings (SSSR count). The van der Waals surface area contributed by atoms with Gasteiger partial charge in [-0.25, -0.2) is 4.39 Å². The van der Waals surface area contributed by atoms with Crippen molar-refractivity contribution >= 4 is 54.5 Å². The molecule has 1 atom stereocenters. The Labute approximate surface area is 148 Å². The van der Waals surface area contributed by atoms with Gasteiger partial charge < -0.3 is 5.32 Å². The highest BCUT2D eigenvalue weighted by Crippen LogP contribution is 2.27. The average molecular weight is 513 g/mol. The maximum atomic E-state index is 13.3. The van der Waals surface area contributed by atoms with E-state index < -0.39 is 0 Å². The third kappa shape index (κ3) is 4.02. The van der Waals surface area contributed by atoms with Gasteiger partial charge in [-0.1, -0.05) is 22.0 Å². The van der Waals surface area contributed by atoms with Crippen LogP contribution >= 0.6 is 54.5 Å². The molecule has 106 valence electrons. The fourth-order valence-corrected chi connectivity index (χ4v) is 3.57. The number of rotatable bonds is 4. The molecule has 0 saturated heterocycles.